The molecule has 60 heavy (non-hydrogen) atoms. The van der Waals surface area contributed by atoms with Gasteiger partial charge in [-0.2, -0.15) is 37.3 Å². The molecular weight excluding hydrogens is 837 g/mol. The van der Waals surface area contributed by atoms with Crippen LogP contribution in [0.5, 0.6) is 0 Å². The van der Waals surface area contributed by atoms with Crippen LogP contribution < -0.4 is 21.3 Å². The van der Waals surface area contributed by atoms with Gasteiger partial charge in [0.1, 0.15) is 0 Å². The molecule has 2 atom stereocenters. The van der Waals surface area contributed by atoms with Crippen LogP contribution in [0.15, 0.2) is 115 Å². The molecule has 2 unspecified atom stereocenters. The van der Waals surface area contributed by atoms with E-state index in [4.69, 9.17) is 9.11 Å². The average molecular weight is 867 g/mol. The predicted molar refractivity (Wildman–Crippen MR) is 207 cm³/mol. The molecule has 4 aromatic carbocycles. The van der Waals surface area contributed by atoms with E-state index >= 15 is 0 Å². The number of rotatable bonds is 16. The van der Waals surface area contributed by atoms with Crippen molar-refractivity contribution in [2.45, 2.75) is 35.7 Å². The van der Waals surface area contributed by atoms with Gasteiger partial charge in [0, 0.05) is 22.7 Å². The highest BCUT2D eigenvalue weighted by molar-refractivity contribution is 7.86. The molecule has 0 aliphatic heterocycles. The van der Waals surface area contributed by atoms with E-state index in [1.165, 1.54) is 12.1 Å². The summed E-state index contributed by atoms with van der Waals surface area (Å²) in [6.45, 7) is 2.03. The minimum atomic E-state index is -4.51. The summed E-state index contributed by atoms with van der Waals surface area (Å²) >= 11 is 0. The first-order valence-corrected chi connectivity index (χ1v) is 19.3. The number of amides is 4. The van der Waals surface area contributed by atoms with E-state index in [1.54, 1.807) is 0 Å². The quantitative estimate of drug-likeness (QED) is 0.0434. The van der Waals surface area contributed by atoms with Crippen molar-refractivity contribution in [3.63, 3.8) is 0 Å². The fourth-order valence-corrected chi connectivity index (χ4v) is 5.72. The number of carboxylic acids is 2. The monoisotopic (exact) mass is 866 g/mol. The smallest absolute Gasteiger partial charge is 0.338 e. The third-order valence-corrected chi connectivity index (χ3v) is 9.37. The molecule has 0 spiro atoms. The lowest BCUT2D eigenvalue weighted by atomic mass is 10.1. The summed E-state index contributed by atoms with van der Waals surface area (Å²) in [4.78, 5) is 86.0. The molecule has 0 aliphatic carbocycles. The number of nitrogens with zero attached hydrogens (tertiary/aromatic N) is 4. The molecule has 4 aromatic rings. The predicted octanol–water partition coefficient (Wildman–Crippen LogP) is 4.58. The van der Waals surface area contributed by atoms with Gasteiger partial charge in [0.25, 0.3) is 32.1 Å². The third kappa shape index (κ3) is 12.2. The zero-order valence-corrected chi connectivity index (χ0v) is 32.3. The van der Waals surface area contributed by atoms with Crippen molar-refractivity contribution >= 4 is 95.7 Å². The number of Topliss-reactive ketones (excluding diaryl/α,β-unsaturated/α-hetero) is 2. The Kier molecular flexibility index (Phi) is 14.1. The van der Waals surface area contributed by atoms with Crippen molar-refractivity contribution in [2.24, 2.45) is 20.5 Å². The Morgan fingerprint density at radius 1 is 0.500 bits per heavy atom. The Labute approximate surface area is 338 Å². The highest BCUT2D eigenvalue weighted by Crippen LogP contribution is 2.27. The lowest BCUT2D eigenvalue weighted by Crippen LogP contribution is -2.31. The topological polar surface area (TPSA) is 366 Å². The maximum absolute atomic E-state index is 12.8. The molecule has 8 N–H and O–H groups in total. The molecule has 312 valence electrons. The second-order valence-corrected chi connectivity index (χ2v) is 14.9. The maximum atomic E-state index is 12.8. The van der Waals surface area contributed by atoms with Gasteiger partial charge in [-0.05, 0) is 98.8 Å². The number of azo groups is 2. The van der Waals surface area contributed by atoms with Crippen LogP contribution in [0.4, 0.5) is 38.9 Å². The Balaban J connectivity index is 1.45. The van der Waals surface area contributed by atoms with Crippen molar-refractivity contribution in [2.75, 3.05) is 21.3 Å². The number of carbonyl (C=O) groups is 7. The van der Waals surface area contributed by atoms with Crippen LogP contribution in [0, 0.1) is 0 Å². The first-order valence-electron chi connectivity index (χ1n) is 16.5. The second-order valence-electron chi connectivity index (χ2n) is 12.1. The Hall–Kier alpha value is -7.61. The number of carboxylic acid groups (broad SMARTS) is 2. The molecule has 0 bridgehead atoms. The molecule has 0 fully saturated rings. The van der Waals surface area contributed by atoms with E-state index in [0.29, 0.717) is 0 Å². The summed E-state index contributed by atoms with van der Waals surface area (Å²) in [5, 5.41) is 43.7. The van der Waals surface area contributed by atoms with Crippen LogP contribution in [0.1, 0.15) is 34.6 Å². The SMILES string of the molecule is CC(=O)C(N=Nc1ccc(NC(=O)Nc2ccc(N=NC(C(C)=O)C(=O)Nc3ccc(S(=O)(=O)O)cc3)c(C(=O)O)c2)cc1C(=O)O)C(=O)Nc1ccc(S(=O)(=O)O)cc1. The van der Waals surface area contributed by atoms with E-state index in [9.17, 15) is 60.6 Å². The maximum Gasteiger partial charge on any atom is 0.338 e. The summed E-state index contributed by atoms with van der Waals surface area (Å²) in [5.74, 6) is -6.71. The van der Waals surface area contributed by atoms with Crippen LogP contribution in [-0.4, -0.2) is 89.6 Å². The van der Waals surface area contributed by atoms with Gasteiger partial charge in [0.15, 0.2) is 11.6 Å². The van der Waals surface area contributed by atoms with Crippen molar-refractivity contribution in [1.29, 1.82) is 0 Å². The molecule has 4 amide bonds. The molecule has 25 heteroatoms. The number of hydrogen-bond acceptors (Lipinski definition) is 15. The number of hydrogen-bond donors (Lipinski definition) is 8. The van der Waals surface area contributed by atoms with Crippen LogP contribution in [0.2, 0.25) is 0 Å². The van der Waals surface area contributed by atoms with Gasteiger partial charge in [0.05, 0.1) is 32.3 Å². The van der Waals surface area contributed by atoms with Gasteiger partial charge >= 0.3 is 18.0 Å². The second kappa shape index (κ2) is 18.8. The summed E-state index contributed by atoms with van der Waals surface area (Å²) in [6.07, 6.45) is 0. The molecule has 0 aromatic heterocycles. The fourth-order valence-electron chi connectivity index (χ4n) is 4.76. The number of nitrogens with one attached hydrogen (secondary N) is 4. The van der Waals surface area contributed by atoms with Crippen LogP contribution >= 0.6 is 0 Å². The average Bonchev–Trinajstić information content (AvgIpc) is 3.15. The lowest BCUT2D eigenvalue weighted by molar-refractivity contribution is -0.127. The van der Waals surface area contributed by atoms with Crippen LogP contribution in [0.25, 0.3) is 0 Å². The highest BCUT2D eigenvalue weighted by Gasteiger charge is 2.26. The number of carbonyl (C=O) groups excluding carboxylic acids is 5. The van der Waals surface area contributed by atoms with Gasteiger partial charge < -0.3 is 31.5 Å². The molecule has 0 aliphatic rings. The lowest BCUT2D eigenvalue weighted by Gasteiger charge is -2.12. The molecular formula is C35H30N8O15S2. The number of aromatic carboxylic acids is 2. The normalized spacial score (nSPS) is 12.6. The minimum absolute atomic E-state index is 0.0313. The summed E-state index contributed by atoms with van der Waals surface area (Å²) in [5.41, 5.74) is -1.88. The van der Waals surface area contributed by atoms with Crippen LogP contribution in [0.3, 0.4) is 0 Å². The number of anilines is 4. The summed E-state index contributed by atoms with van der Waals surface area (Å²) in [7, 11) is -9.02. The fraction of sp³-hybridized carbons (Fsp3) is 0.114. The molecule has 0 heterocycles. The zero-order chi connectivity index (χ0) is 44.5. The standard InChI is InChI=1S/C35H30N8O15S2/c1-17(44)29(31(46)36-19-3-9-23(10-4-19)59(53,54)55)42-40-27-13-7-21(15-25(27)33(48)49)38-35(52)39-22-8-14-28(26(16-22)34(50)51)41-43-30(18(2)45)32(47)37-20-5-11-24(12-6-20)60(56,57)58/h3-16,29-30H,1-2H3,(H,36,46)(H,37,47)(H,48,49)(H,50,51)(H2,38,39,52)(H,53,54,55)(H,56,57,58). The number of urea groups is 1. The van der Waals surface area contributed by atoms with E-state index < -0.39 is 94.6 Å². The Bertz CT molecular complexity index is 2500. The van der Waals surface area contributed by atoms with Gasteiger partial charge in [0.2, 0.25) is 12.1 Å². The Morgan fingerprint density at radius 3 is 1.10 bits per heavy atom. The number of ketones is 2. The van der Waals surface area contributed by atoms with Crippen molar-refractivity contribution in [3.8, 4) is 0 Å². The van der Waals surface area contributed by atoms with Gasteiger partial charge in [-0.15, -0.1) is 0 Å². The summed E-state index contributed by atoms with van der Waals surface area (Å²) < 4.78 is 63.2. The third-order valence-electron chi connectivity index (χ3n) is 7.64. The minimum Gasteiger partial charge on any atom is -0.478 e. The molecule has 0 radical (unpaired) electrons. The van der Waals surface area contributed by atoms with E-state index in [0.717, 1.165) is 86.6 Å². The largest absolute Gasteiger partial charge is 0.478 e. The van der Waals surface area contributed by atoms with E-state index in [1.807, 2.05) is 0 Å². The molecule has 0 saturated carbocycles. The van der Waals surface area contributed by atoms with Crippen LogP contribution in [-0.2, 0) is 39.4 Å². The molecule has 4 rings (SSSR count). The first kappa shape index (κ1) is 45.1. The van der Waals surface area contributed by atoms with Gasteiger partial charge in [-0.1, -0.05) is 0 Å². The molecule has 23 nitrogen and oxygen atoms in total. The molecule has 0 saturated heterocycles. The van der Waals surface area contributed by atoms with E-state index in [2.05, 4.69) is 41.7 Å². The summed E-state index contributed by atoms with van der Waals surface area (Å²) in [6, 6.07) is 10.5. The van der Waals surface area contributed by atoms with E-state index in [-0.39, 0.29) is 34.1 Å². The van der Waals surface area contributed by atoms with Crippen molar-refractivity contribution < 1.29 is 69.7 Å². The number of benzene rings is 4. The zero-order valence-electron chi connectivity index (χ0n) is 30.6. The van der Waals surface area contributed by atoms with Crippen molar-refractivity contribution in [1.82, 2.24) is 0 Å². The van der Waals surface area contributed by atoms with Crippen molar-refractivity contribution in [3.05, 3.63) is 96.1 Å². The van der Waals surface area contributed by atoms with Gasteiger partial charge in [-0.25, -0.2) is 14.4 Å². The highest BCUT2D eigenvalue weighted by atomic mass is 32.2. The Morgan fingerprint density at radius 2 is 0.817 bits per heavy atom. The van der Waals surface area contributed by atoms with Gasteiger partial charge in [-0.3, -0.25) is 28.3 Å². The first-order chi connectivity index (χ1) is 28.0.